The maximum absolute atomic E-state index is 13.0. The van der Waals surface area contributed by atoms with Gasteiger partial charge in [0, 0.05) is 5.56 Å². The SMILES string of the molecule is CCOC(=O)Cc1ccc(C#N)c(C(F)F)c1OC. The maximum atomic E-state index is 13.0. The van der Waals surface area contributed by atoms with Crippen LogP contribution in [0.2, 0.25) is 0 Å². The summed E-state index contributed by atoms with van der Waals surface area (Å²) in [6, 6.07) is 4.35. The molecule has 0 aliphatic rings. The summed E-state index contributed by atoms with van der Waals surface area (Å²) in [4.78, 5) is 11.4. The van der Waals surface area contributed by atoms with E-state index in [1.54, 1.807) is 13.0 Å². The van der Waals surface area contributed by atoms with Gasteiger partial charge in [-0.1, -0.05) is 6.07 Å². The lowest BCUT2D eigenvalue weighted by molar-refractivity contribution is -0.142. The van der Waals surface area contributed by atoms with Crippen molar-refractivity contribution in [2.75, 3.05) is 13.7 Å². The quantitative estimate of drug-likeness (QED) is 0.771. The summed E-state index contributed by atoms with van der Waals surface area (Å²) in [6.07, 6.45) is -3.03. The normalized spacial score (nSPS) is 10.1. The van der Waals surface area contributed by atoms with Gasteiger partial charge in [0.25, 0.3) is 6.43 Å². The molecule has 0 N–H and O–H groups in total. The average molecular weight is 269 g/mol. The molecule has 0 fully saturated rings. The fourth-order valence-corrected chi connectivity index (χ4v) is 1.71. The third-order valence-corrected chi connectivity index (χ3v) is 2.46. The van der Waals surface area contributed by atoms with Gasteiger partial charge in [0.15, 0.2) is 0 Å². The summed E-state index contributed by atoms with van der Waals surface area (Å²) in [5, 5.41) is 8.81. The number of ether oxygens (including phenoxy) is 2. The topological polar surface area (TPSA) is 59.3 Å². The highest BCUT2D eigenvalue weighted by molar-refractivity contribution is 5.74. The summed E-state index contributed by atoms with van der Waals surface area (Å²) < 4.78 is 35.6. The second-order valence-corrected chi connectivity index (χ2v) is 3.61. The third kappa shape index (κ3) is 3.41. The second-order valence-electron chi connectivity index (χ2n) is 3.61. The molecule has 0 radical (unpaired) electrons. The van der Waals surface area contributed by atoms with Crippen molar-refractivity contribution in [1.29, 1.82) is 5.26 Å². The van der Waals surface area contributed by atoms with Crippen LogP contribution in [-0.4, -0.2) is 19.7 Å². The van der Waals surface area contributed by atoms with Gasteiger partial charge < -0.3 is 9.47 Å². The molecule has 0 unspecified atom stereocenters. The molecule has 0 aliphatic heterocycles. The number of rotatable bonds is 5. The Hall–Kier alpha value is -2.16. The van der Waals surface area contributed by atoms with E-state index in [1.807, 2.05) is 0 Å². The second kappa shape index (κ2) is 6.69. The maximum Gasteiger partial charge on any atom is 0.310 e. The van der Waals surface area contributed by atoms with Gasteiger partial charge in [0.05, 0.1) is 37.3 Å². The number of nitriles is 1. The molecule has 0 bridgehead atoms. The van der Waals surface area contributed by atoms with Crippen molar-refractivity contribution in [3.63, 3.8) is 0 Å². The molecule has 0 spiro atoms. The number of methoxy groups -OCH3 is 1. The Morgan fingerprint density at radius 2 is 2.16 bits per heavy atom. The van der Waals surface area contributed by atoms with E-state index >= 15 is 0 Å². The molecule has 0 heterocycles. The molecule has 0 amide bonds. The van der Waals surface area contributed by atoms with E-state index in [4.69, 9.17) is 14.7 Å². The zero-order valence-corrected chi connectivity index (χ0v) is 10.6. The molecule has 1 aromatic rings. The van der Waals surface area contributed by atoms with Crippen LogP contribution in [0.4, 0.5) is 8.78 Å². The van der Waals surface area contributed by atoms with Gasteiger partial charge in [0.2, 0.25) is 0 Å². The van der Waals surface area contributed by atoms with Crippen molar-refractivity contribution >= 4 is 5.97 Å². The molecule has 4 nitrogen and oxygen atoms in total. The number of benzene rings is 1. The largest absolute Gasteiger partial charge is 0.496 e. The first kappa shape index (κ1) is 14.9. The highest BCUT2D eigenvalue weighted by Crippen LogP contribution is 2.35. The van der Waals surface area contributed by atoms with Crippen molar-refractivity contribution in [1.82, 2.24) is 0 Å². The number of esters is 1. The Labute approximate surface area is 109 Å². The van der Waals surface area contributed by atoms with Crippen molar-refractivity contribution in [2.45, 2.75) is 19.8 Å². The molecule has 0 saturated heterocycles. The van der Waals surface area contributed by atoms with Crippen LogP contribution in [0.15, 0.2) is 12.1 Å². The van der Waals surface area contributed by atoms with Crippen molar-refractivity contribution < 1.29 is 23.0 Å². The van der Waals surface area contributed by atoms with Gasteiger partial charge in [-0.2, -0.15) is 5.26 Å². The van der Waals surface area contributed by atoms with Crippen LogP contribution in [0.3, 0.4) is 0 Å². The Morgan fingerprint density at radius 3 is 2.63 bits per heavy atom. The lowest BCUT2D eigenvalue weighted by atomic mass is 10.0. The molecular formula is C13H13F2NO3. The van der Waals surface area contributed by atoms with Crippen LogP contribution in [0.25, 0.3) is 0 Å². The number of halogens is 2. The van der Waals surface area contributed by atoms with Gasteiger partial charge in [-0.15, -0.1) is 0 Å². The van der Waals surface area contributed by atoms with Gasteiger partial charge in [-0.3, -0.25) is 4.79 Å². The van der Waals surface area contributed by atoms with E-state index in [9.17, 15) is 13.6 Å². The van der Waals surface area contributed by atoms with Crippen molar-refractivity contribution in [2.24, 2.45) is 0 Å². The Kier molecular flexibility index (Phi) is 5.24. The third-order valence-electron chi connectivity index (χ3n) is 2.46. The summed E-state index contributed by atoms with van der Waals surface area (Å²) in [5.74, 6) is -0.673. The number of hydrogen-bond donors (Lipinski definition) is 0. The average Bonchev–Trinajstić information content (AvgIpc) is 2.38. The fourth-order valence-electron chi connectivity index (χ4n) is 1.71. The van der Waals surface area contributed by atoms with Crippen LogP contribution < -0.4 is 4.74 Å². The molecular weight excluding hydrogens is 256 g/mol. The number of alkyl halides is 2. The Bertz CT molecular complexity index is 509. The molecule has 0 atom stereocenters. The lowest BCUT2D eigenvalue weighted by Gasteiger charge is -2.14. The standard InChI is InChI=1S/C13H13F2NO3/c1-3-19-10(17)6-8-4-5-9(7-16)11(13(14)15)12(8)18-2/h4-5,13H,3,6H2,1-2H3. The number of carbonyl (C=O) groups is 1. The number of carbonyl (C=O) groups excluding carboxylic acids is 1. The predicted molar refractivity (Wildman–Crippen MR) is 63.0 cm³/mol. The van der Waals surface area contributed by atoms with Crippen LogP contribution >= 0.6 is 0 Å². The lowest BCUT2D eigenvalue weighted by Crippen LogP contribution is -2.10. The first-order valence-corrected chi connectivity index (χ1v) is 5.58. The molecule has 1 rings (SSSR count). The highest BCUT2D eigenvalue weighted by atomic mass is 19.3. The molecule has 102 valence electrons. The smallest absolute Gasteiger partial charge is 0.310 e. The summed E-state index contributed by atoms with van der Waals surface area (Å²) in [7, 11) is 1.22. The minimum atomic E-state index is -2.85. The number of hydrogen-bond acceptors (Lipinski definition) is 4. The van der Waals surface area contributed by atoms with E-state index in [0.29, 0.717) is 0 Å². The van der Waals surface area contributed by atoms with E-state index in [-0.39, 0.29) is 29.9 Å². The van der Waals surface area contributed by atoms with Crippen LogP contribution in [0.5, 0.6) is 5.75 Å². The zero-order chi connectivity index (χ0) is 14.4. The minimum absolute atomic E-state index is 0.137. The molecule has 0 aliphatic carbocycles. The monoisotopic (exact) mass is 269 g/mol. The predicted octanol–water partition coefficient (Wildman–Crippen LogP) is 2.61. The van der Waals surface area contributed by atoms with Crippen molar-refractivity contribution in [3.8, 4) is 11.8 Å². The van der Waals surface area contributed by atoms with Crippen molar-refractivity contribution in [3.05, 3.63) is 28.8 Å². The summed E-state index contributed by atoms with van der Waals surface area (Å²) in [6.45, 7) is 1.86. The number of nitrogens with zero attached hydrogens (tertiary/aromatic N) is 1. The first-order valence-electron chi connectivity index (χ1n) is 5.58. The van der Waals surface area contributed by atoms with E-state index in [1.165, 1.54) is 19.2 Å². The summed E-state index contributed by atoms with van der Waals surface area (Å²) >= 11 is 0. The Morgan fingerprint density at radius 1 is 1.47 bits per heavy atom. The van der Waals surface area contributed by atoms with Crippen LogP contribution in [0.1, 0.15) is 30.0 Å². The molecule has 0 aromatic heterocycles. The Balaban J connectivity index is 3.24. The highest BCUT2D eigenvalue weighted by Gasteiger charge is 2.23. The van der Waals surface area contributed by atoms with Crippen LogP contribution in [-0.2, 0) is 16.0 Å². The first-order chi connectivity index (χ1) is 9.04. The summed E-state index contributed by atoms with van der Waals surface area (Å²) in [5.41, 5.74) is -0.387. The van der Waals surface area contributed by atoms with Gasteiger partial charge in [-0.05, 0) is 13.0 Å². The van der Waals surface area contributed by atoms with Crippen LogP contribution in [0, 0.1) is 11.3 Å². The van der Waals surface area contributed by atoms with E-state index in [0.717, 1.165) is 0 Å². The molecule has 6 heteroatoms. The molecule has 0 saturated carbocycles. The molecule has 19 heavy (non-hydrogen) atoms. The van der Waals surface area contributed by atoms with E-state index < -0.39 is 18.0 Å². The van der Waals surface area contributed by atoms with Gasteiger partial charge in [0.1, 0.15) is 5.75 Å². The molecule has 1 aromatic carbocycles. The van der Waals surface area contributed by atoms with E-state index in [2.05, 4.69) is 0 Å². The minimum Gasteiger partial charge on any atom is -0.496 e. The van der Waals surface area contributed by atoms with Gasteiger partial charge >= 0.3 is 5.97 Å². The fraction of sp³-hybridized carbons (Fsp3) is 0.385. The van der Waals surface area contributed by atoms with Gasteiger partial charge in [-0.25, -0.2) is 8.78 Å². The zero-order valence-electron chi connectivity index (χ0n) is 10.6.